The third-order valence-electron chi connectivity index (χ3n) is 4.11. The number of likely N-dealkylation sites (tertiary alicyclic amines) is 1. The number of carbonyl (C=O) groups excluding carboxylic acids is 1. The number of rotatable bonds is 5. The van der Waals surface area contributed by atoms with E-state index in [2.05, 4.69) is 36.2 Å². The van der Waals surface area contributed by atoms with E-state index in [4.69, 9.17) is 0 Å². The van der Waals surface area contributed by atoms with Crippen molar-refractivity contribution in [3.8, 4) is 0 Å². The van der Waals surface area contributed by atoms with Crippen LogP contribution in [0.4, 0.5) is 0 Å². The maximum absolute atomic E-state index is 12.0. The Kier molecular flexibility index (Phi) is 5.60. The molecule has 1 aromatic carbocycles. The quantitative estimate of drug-likeness (QED) is 0.895. The van der Waals surface area contributed by atoms with Crippen LogP contribution >= 0.6 is 0 Å². The Labute approximate surface area is 122 Å². The van der Waals surface area contributed by atoms with Crippen LogP contribution in [0.15, 0.2) is 30.3 Å². The van der Waals surface area contributed by atoms with E-state index in [1.807, 2.05) is 18.2 Å². The van der Waals surface area contributed by atoms with Crippen LogP contribution in [-0.4, -0.2) is 36.0 Å². The molecular weight excluding hydrogens is 248 g/mol. The number of nitrogens with zero attached hydrogens (tertiary/aromatic N) is 1. The molecular formula is C17H26N2O. The minimum atomic E-state index is 0.192. The highest BCUT2D eigenvalue weighted by Crippen LogP contribution is 2.13. The molecule has 1 aromatic rings. The summed E-state index contributed by atoms with van der Waals surface area (Å²) in [5.74, 6) is 0.192. The first-order valence-electron chi connectivity index (χ1n) is 7.72. The van der Waals surface area contributed by atoms with Gasteiger partial charge in [-0.15, -0.1) is 0 Å². The van der Waals surface area contributed by atoms with E-state index in [0.717, 1.165) is 32.4 Å². The Morgan fingerprint density at radius 1 is 1.25 bits per heavy atom. The van der Waals surface area contributed by atoms with Crippen LogP contribution < -0.4 is 5.32 Å². The van der Waals surface area contributed by atoms with Gasteiger partial charge in [0.25, 0.3) is 0 Å². The van der Waals surface area contributed by atoms with Crippen LogP contribution in [0.3, 0.4) is 0 Å². The first-order valence-corrected chi connectivity index (χ1v) is 7.72. The summed E-state index contributed by atoms with van der Waals surface area (Å²) >= 11 is 0. The van der Waals surface area contributed by atoms with E-state index in [1.165, 1.54) is 5.56 Å². The molecule has 20 heavy (non-hydrogen) atoms. The lowest BCUT2D eigenvalue weighted by atomic mass is 10.0. The Bertz CT molecular complexity index is 408. The zero-order valence-corrected chi connectivity index (χ0v) is 12.6. The van der Waals surface area contributed by atoms with Crippen LogP contribution in [0, 0.1) is 0 Å². The molecule has 0 saturated carbocycles. The molecule has 0 aromatic heterocycles. The molecule has 0 radical (unpaired) electrons. The van der Waals surface area contributed by atoms with Crippen molar-refractivity contribution >= 4 is 5.91 Å². The van der Waals surface area contributed by atoms with Crippen LogP contribution in [0.2, 0.25) is 0 Å². The number of piperidine rings is 1. The summed E-state index contributed by atoms with van der Waals surface area (Å²) < 4.78 is 0. The standard InChI is InChI=1S/C17H26N2O/c1-14(2)19-12-10-16(11-13-19)18-17(20)9-8-15-6-4-3-5-7-15/h3-7,14,16H,8-13H2,1-2H3,(H,18,20). The average molecular weight is 274 g/mol. The molecule has 3 heteroatoms. The summed E-state index contributed by atoms with van der Waals surface area (Å²) in [7, 11) is 0. The molecule has 1 saturated heterocycles. The van der Waals surface area contributed by atoms with Crippen molar-refractivity contribution in [3.63, 3.8) is 0 Å². The van der Waals surface area contributed by atoms with Crippen molar-refractivity contribution in [2.24, 2.45) is 0 Å². The molecule has 2 rings (SSSR count). The topological polar surface area (TPSA) is 32.3 Å². The van der Waals surface area contributed by atoms with Gasteiger partial charge in [0.1, 0.15) is 0 Å². The first-order chi connectivity index (χ1) is 9.65. The monoisotopic (exact) mass is 274 g/mol. The summed E-state index contributed by atoms with van der Waals surface area (Å²) in [4.78, 5) is 14.5. The van der Waals surface area contributed by atoms with E-state index >= 15 is 0 Å². The molecule has 1 aliphatic heterocycles. The molecule has 0 unspecified atom stereocenters. The predicted molar refractivity (Wildman–Crippen MR) is 82.6 cm³/mol. The summed E-state index contributed by atoms with van der Waals surface area (Å²) in [6, 6.07) is 11.2. The van der Waals surface area contributed by atoms with Gasteiger partial charge in [-0.3, -0.25) is 4.79 Å². The minimum absolute atomic E-state index is 0.192. The van der Waals surface area contributed by atoms with E-state index < -0.39 is 0 Å². The highest BCUT2D eigenvalue weighted by Gasteiger charge is 2.21. The number of aryl methyl sites for hydroxylation is 1. The average Bonchev–Trinajstić information content (AvgIpc) is 2.47. The second kappa shape index (κ2) is 7.44. The molecule has 0 bridgehead atoms. The van der Waals surface area contributed by atoms with Crippen LogP contribution in [0.5, 0.6) is 0 Å². The number of amides is 1. The molecule has 1 fully saturated rings. The normalized spacial score (nSPS) is 17.4. The van der Waals surface area contributed by atoms with Gasteiger partial charge < -0.3 is 10.2 Å². The van der Waals surface area contributed by atoms with Gasteiger partial charge in [-0.25, -0.2) is 0 Å². The second-order valence-electron chi connectivity index (χ2n) is 5.96. The fraction of sp³-hybridized carbons (Fsp3) is 0.588. The predicted octanol–water partition coefficient (Wildman–Crippen LogP) is 2.61. The van der Waals surface area contributed by atoms with E-state index in [9.17, 15) is 4.79 Å². The van der Waals surface area contributed by atoms with Crippen LogP contribution in [0.25, 0.3) is 0 Å². The molecule has 110 valence electrons. The van der Waals surface area contributed by atoms with Gasteiger partial charge >= 0.3 is 0 Å². The minimum Gasteiger partial charge on any atom is -0.353 e. The van der Waals surface area contributed by atoms with Gasteiger partial charge in [0, 0.05) is 31.6 Å². The number of hydrogen-bond acceptors (Lipinski definition) is 2. The molecule has 1 heterocycles. The number of benzene rings is 1. The van der Waals surface area contributed by atoms with Crippen LogP contribution in [-0.2, 0) is 11.2 Å². The lowest BCUT2D eigenvalue weighted by Crippen LogP contribution is -2.46. The second-order valence-corrected chi connectivity index (χ2v) is 5.96. The summed E-state index contributed by atoms with van der Waals surface area (Å²) in [5, 5.41) is 3.18. The first kappa shape index (κ1) is 15.0. The highest BCUT2D eigenvalue weighted by atomic mass is 16.1. The maximum Gasteiger partial charge on any atom is 0.220 e. The number of hydrogen-bond donors (Lipinski definition) is 1. The van der Waals surface area contributed by atoms with Gasteiger partial charge in [-0.2, -0.15) is 0 Å². The highest BCUT2D eigenvalue weighted by molar-refractivity contribution is 5.76. The van der Waals surface area contributed by atoms with Gasteiger partial charge in [-0.1, -0.05) is 30.3 Å². The summed E-state index contributed by atoms with van der Waals surface area (Å²) in [6.07, 6.45) is 3.58. The zero-order valence-electron chi connectivity index (χ0n) is 12.6. The Morgan fingerprint density at radius 3 is 2.50 bits per heavy atom. The third kappa shape index (κ3) is 4.64. The fourth-order valence-corrected chi connectivity index (χ4v) is 2.76. The van der Waals surface area contributed by atoms with Crippen LogP contribution in [0.1, 0.15) is 38.7 Å². The molecule has 1 N–H and O–H groups in total. The Morgan fingerprint density at radius 2 is 1.90 bits per heavy atom. The number of carbonyl (C=O) groups is 1. The Balaban J connectivity index is 1.68. The Hall–Kier alpha value is -1.35. The fourth-order valence-electron chi connectivity index (χ4n) is 2.76. The lowest BCUT2D eigenvalue weighted by Gasteiger charge is -2.34. The maximum atomic E-state index is 12.0. The number of nitrogens with one attached hydrogen (secondary N) is 1. The van der Waals surface area contributed by atoms with Gasteiger partial charge in [-0.05, 0) is 38.7 Å². The molecule has 3 nitrogen and oxygen atoms in total. The van der Waals surface area contributed by atoms with Gasteiger partial charge in [0.2, 0.25) is 5.91 Å². The van der Waals surface area contributed by atoms with Crippen molar-refractivity contribution in [1.29, 1.82) is 0 Å². The molecule has 1 amide bonds. The SMILES string of the molecule is CC(C)N1CCC(NC(=O)CCc2ccccc2)CC1. The van der Waals surface area contributed by atoms with Crippen molar-refractivity contribution < 1.29 is 4.79 Å². The van der Waals surface area contributed by atoms with E-state index in [0.29, 0.717) is 18.5 Å². The van der Waals surface area contributed by atoms with E-state index in [1.54, 1.807) is 0 Å². The molecule has 0 spiro atoms. The summed E-state index contributed by atoms with van der Waals surface area (Å²) in [6.45, 7) is 6.67. The smallest absolute Gasteiger partial charge is 0.220 e. The molecule has 1 aliphatic rings. The van der Waals surface area contributed by atoms with Gasteiger partial charge in [0.05, 0.1) is 0 Å². The van der Waals surface area contributed by atoms with Crippen molar-refractivity contribution in [1.82, 2.24) is 10.2 Å². The van der Waals surface area contributed by atoms with Crippen molar-refractivity contribution in [2.75, 3.05) is 13.1 Å². The molecule has 0 aliphatic carbocycles. The lowest BCUT2D eigenvalue weighted by molar-refractivity contribution is -0.122. The zero-order chi connectivity index (χ0) is 14.4. The van der Waals surface area contributed by atoms with Crippen molar-refractivity contribution in [2.45, 2.75) is 51.6 Å². The van der Waals surface area contributed by atoms with E-state index in [-0.39, 0.29) is 5.91 Å². The van der Waals surface area contributed by atoms with Crippen molar-refractivity contribution in [3.05, 3.63) is 35.9 Å². The third-order valence-corrected chi connectivity index (χ3v) is 4.11. The molecule has 0 atom stereocenters. The van der Waals surface area contributed by atoms with Gasteiger partial charge in [0.15, 0.2) is 0 Å². The largest absolute Gasteiger partial charge is 0.353 e. The summed E-state index contributed by atoms with van der Waals surface area (Å²) in [5.41, 5.74) is 1.23.